The molecule has 4 heteroatoms. The maximum absolute atomic E-state index is 2.58. The minimum absolute atomic E-state index is 0.0113. The summed E-state index contributed by atoms with van der Waals surface area (Å²) in [7, 11) is 0. The normalized spacial score (nSPS) is 17.0. The summed E-state index contributed by atoms with van der Waals surface area (Å²) in [6, 6.07) is 127. The first kappa shape index (κ1) is 67.2. The van der Waals surface area contributed by atoms with Crippen LogP contribution in [0.15, 0.2) is 328 Å². The van der Waals surface area contributed by atoms with Gasteiger partial charge in [0.15, 0.2) is 0 Å². The third-order valence-electron chi connectivity index (χ3n) is 28.2. The Balaban J connectivity index is 0.631. The van der Waals surface area contributed by atoms with Crippen molar-refractivity contribution >= 4 is 68.2 Å². The largest absolute Gasteiger partial charge is 0.310 e. The van der Waals surface area contributed by atoms with Crippen LogP contribution in [0.4, 0.5) is 68.2 Å². The molecule has 8 aliphatic rings. The zero-order valence-corrected chi connectivity index (χ0v) is 64.1. The molecular formula is C108H94N4. The monoisotopic (exact) mass is 1450 g/mol. The van der Waals surface area contributed by atoms with Crippen LogP contribution < -0.4 is 19.6 Å². The average Bonchev–Trinajstić information content (AvgIpc) is 1.58. The van der Waals surface area contributed by atoms with Gasteiger partial charge in [-0.1, -0.05) is 259 Å². The van der Waals surface area contributed by atoms with Gasteiger partial charge >= 0.3 is 0 Å². The minimum atomic E-state index is 0.0113. The van der Waals surface area contributed by atoms with Gasteiger partial charge in [-0.15, -0.1) is 0 Å². The van der Waals surface area contributed by atoms with Gasteiger partial charge in [-0.25, -0.2) is 0 Å². The van der Waals surface area contributed by atoms with Crippen LogP contribution in [0.5, 0.6) is 0 Å². The summed E-state index contributed by atoms with van der Waals surface area (Å²) >= 11 is 0. The van der Waals surface area contributed by atoms with E-state index in [9.17, 15) is 0 Å². The number of hydrogen-bond donors (Lipinski definition) is 0. The molecule has 0 saturated heterocycles. The molecule has 8 aliphatic carbocycles. The zero-order valence-electron chi connectivity index (χ0n) is 64.1. The lowest BCUT2D eigenvalue weighted by Gasteiger charge is -2.37. The van der Waals surface area contributed by atoms with Crippen molar-refractivity contribution in [2.24, 2.45) is 0 Å². The van der Waals surface area contributed by atoms with Crippen molar-refractivity contribution in [2.75, 3.05) is 19.6 Å². The second-order valence-corrected chi connectivity index (χ2v) is 33.8. The Kier molecular flexibility index (Phi) is 16.2. The van der Waals surface area contributed by atoms with Gasteiger partial charge < -0.3 is 19.6 Å². The lowest BCUT2D eigenvalue weighted by molar-refractivity contribution is 0.353. The lowest BCUT2D eigenvalue weighted by atomic mass is 9.68. The first-order valence-electron chi connectivity index (χ1n) is 42.1. The fourth-order valence-corrected chi connectivity index (χ4v) is 23.2. The molecule has 0 aromatic heterocycles. The fourth-order valence-electron chi connectivity index (χ4n) is 23.2. The van der Waals surface area contributed by atoms with E-state index in [-0.39, 0.29) is 21.7 Å². The van der Waals surface area contributed by atoms with E-state index in [4.69, 9.17) is 0 Å². The highest BCUT2D eigenvalue weighted by atomic mass is 15.2. The molecule has 0 N–H and O–H groups in total. The summed E-state index contributed by atoms with van der Waals surface area (Å²) in [4.78, 5) is 10.0. The van der Waals surface area contributed by atoms with Crippen LogP contribution in [-0.4, -0.2) is 0 Å². The maximum Gasteiger partial charge on any atom is 0.0465 e. The summed E-state index contributed by atoms with van der Waals surface area (Å²) in [5.74, 6) is 0. The molecule has 0 radical (unpaired) electrons. The van der Waals surface area contributed by atoms with E-state index in [1.807, 2.05) is 0 Å². The Morgan fingerprint density at radius 3 is 0.554 bits per heavy atom. The van der Waals surface area contributed by atoms with E-state index in [2.05, 4.69) is 347 Å². The van der Waals surface area contributed by atoms with Crippen molar-refractivity contribution in [3.05, 3.63) is 372 Å². The number of benzene rings is 14. The fraction of sp³-hybridized carbons (Fsp3) is 0.222. The first-order chi connectivity index (χ1) is 55.4. The molecule has 4 fully saturated rings. The number of fused-ring (bicyclic) bond motifs is 20. The molecule has 0 heterocycles. The summed E-state index contributed by atoms with van der Waals surface area (Å²) in [5, 5.41) is 0. The lowest BCUT2D eigenvalue weighted by Crippen LogP contribution is -2.28. The van der Waals surface area contributed by atoms with Crippen molar-refractivity contribution < 1.29 is 0 Å². The Labute approximate surface area is 661 Å². The van der Waals surface area contributed by atoms with Gasteiger partial charge in [-0.3, -0.25) is 0 Å². The Morgan fingerprint density at radius 1 is 0.143 bits per heavy atom. The van der Waals surface area contributed by atoms with Crippen LogP contribution in [0, 0.1) is 0 Å². The van der Waals surface area contributed by atoms with Crippen molar-refractivity contribution in [1.82, 2.24) is 0 Å². The minimum Gasteiger partial charge on any atom is -0.310 e. The summed E-state index contributed by atoms with van der Waals surface area (Å²) in [6.45, 7) is 0. The highest BCUT2D eigenvalue weighted by molar-refractivity contribution is 5.93. The van der Waals surface area contributed by atoms with Crippen LogP contribution in [0.3, 0.4) is 0 Å². The van der Waals surface area contributed by atoms with E-state index in [0.29, 0.717) is 0 Å². The second kappa shape index (κ2) is 27.1. The van der Waals surface area contributed by atoms with E-state index < -0.39 is 0 Å². The van der Waals surface area contributed by atoms with Crippen LogP contribution in [-0.2, 0) is 21.7 Å². The molecule has 4 saturated carbocycles. The van der Waals surface area contributed by atoms with Gasteiger partial charge in [0.2, 0.25) is 0 Å². The highest BCUT2D eigenvalue weighted by Crippen LogP contribution is 2.62. The van der Waals surface area contributed by atoms with Gasteiger partial charge in [0.05, 0.1) is 0 Å². The predicted octanol–water partition coefficient (Wildman–Crippen LogP) is 30.2. The van der Waals surface area contributed by atoms with E-state index in [1.165, 1.54) is 251 Å². The van der Waals surface area contributed by atoms with Crippen molar-refractivity contribution in [3.63, 3.8) is 0 Å². The molecule has 4 nitrogen and oxygen atoms in total. The SMILES string of the molecule is c1ccc(N(c2ccc(N(c3ccc(-c4ccc(N(c5ccc(N(c6ccccc6)c6ccc7c(c6)C6(CCCCC6)c6ccccc6-7)cc5)c5ccc6c(c5)C5(CCCCC5)c5ccccc5-6)cc4)cc3)c3ccc4c(c3)C3(CCCCC3)c3ccccc3-4)cc2)c2ccc3c(c2)C2(CCCCC2)c2ccccc2-3)cc1. The van der Waals surface area contributed by atoms with Gasteiger partial charge in [-0.2, -0.15) is 0 Å². The number of hydrogen-bond acceptors (Lipinski definition) is 4. The molecule has 0 atom stereocenters. The van der Waals surface area contributed by atoms with Gasteiger partial charge in [0.25, 0.3) is 0 Å². The molecule has 14 aromatic carbocycles. The second-order valence-electron chi connectivity index (χ2n) is 33.8. The van der Waals surface area contributed by atoms with Crippen molar-refractivity contribution in [3.8, 4) is 55.6 Å². The first-order valence-corrected chi connectivity index (χ1v) is 42.1. The van der Waals surface area contributed by atoms with E-state index >= 15 is 0 Å². The number of nitrogens with zero attached hydrogens (tertiary/aromatic N) is 4. The predicted molar refractivity (Wildman–Crippen MR) is 468 cm³/mol. The summed E-state index contributed by atoms with van der Waals surface area (Å²) in [6.07, 6.45) is 24.8. The molecule has 4 spiro atoms. The smallest absolute Gasteiger partial charge is 0.0465 e. The number of rotatable bonds is 13. The van der Waals surface area contributed by atoms with Gasteiger partial charge in [0.1, 0.15) is 0 Å². The van der Waals surface area contributed by atoms with Crippen molar-refractivity contribution in [1.29, 1.82) is 0 Å². The molecule has 0 bridgehead atoms. The summed E-state index contributed by atoms with van der Waals surface area (Å²) < 4.78 is 0. The molecule has 0 unspecified atom stereocenters. The topological polar surface area (TPSA) is 13.0 Å². The zero-order chi connectivity index (χ0) is 74.0. The highest BCUT2D eigenvalue weighted by Gasteiger charge is 2.48. The Bertz CT molecular complexity index is 5540. The molecule has 112 heavy (non-hydrogen) atoms. The molecule has 546 valence electrons. The van der Waals surface area contributed by atoms with Crippen LogP contribution in [0.25, 0.3) is 55.6 Å². The summed E-state index contributed by atoms with van der Waals surface area (Å²) in [5.41, 5.74) is 39.6. The van der Waals surface area contributed by atoms with Gasteiger partial charge in [0, 0.05) is 89.9 Å². The maximum atomic E-state index is 2.58. The standard InChI is InChI=1S/C108H94N4/c1-7-27-77(28-8-1)109(85-55-59-93-89-31-11-15-35-97(89)105(101(93)71-85)63-19-3-20-64-105)81-47-51-83(52-48-81)111(87-57-61-95-91-33-13-17-37-99(91)107(103(95)73-87)67-23-5-24-68-107)79-43-39-75(40-44-79)76-41-45-80(46-42-76)112(88-58-62-96-92-34-14-18-38-100(92)108(104(96)74-88)69-25-6-26-70-108)84-53-49-82(50-54-84)110(78-29-9-2-10-30-78)86-56-60-94-90-32-12-16-36-98(90)106(102(94)72-86)65-21-4-22-66-106/h1-2,7-18,27-62,71-74H,3-6,19-26,63-70H2. The van der Waals surface area contributed by atoms with Crippen LogP contribution in [0.1, 0.15) is 173 Å². The van der Waals surface area contributed by atoms with E-state index in [1.54, 1.807) is 0 Å². The van der Waals surface area contributed by atoms with Gasteiger partial charge in [-0.05, 0) is 297 Å². The number of para-hydroxylation sites is 2. The Hall–Kier alpha value is -11.7. The third-order valence-corrected chi connectivity index (χ3v) is 28.2. The van der Waals surface area contributed by atoms with Crippen LogP contribution in [0.2, 0.25) is 0 Å². The quantitative estimate of drug-likeness (QED) is 0.114. The molecular weight excluding hydrogens is 1350 g/mol. The molecule has 22 rings (SSSR count). The van der Waals surface area contributed by atoms with Crippen LogP contribution >= 0.6 is 0 Å². The molecule has 14 aromatic rings. The van der Waals surface area contributed by atoms with E-state index in [0.717, 1.165) is 45.5 Å². The Morgan fingerprint density at radius 2 is 0.321 bits per heavy atom. The molecule has 0 aliphatic heterocycles. The third kappa shape index (κ3) is 10.6. The molecule has 0 amide bonds. The average molecular weight is 1450 g/mol. The van der Waals surface area contributed by atoms with Crippen molar-refractivity contribution in [2.45, 2.75) is 150 Å². The number of anilines is 12.